The van der Waals surface area contributed by atoms with Gasteiger partial charge in [-0.3, -0.25) is 4.68 Å². The van der Waals surface area contributed by atoms with Gasteiger partial charge in [0, 0.05) is 61.2 Å². The summed E-state index contributed by atoms with van der Waals surface area (Å²) in [6.07, 6.45) is 5.87. The second-order valence-corrected chi connectivity index (χ2v) is 9.19. The highest BCUT2D eigenvalue weighted by Crippen LogP contribution is 2.28. The molecule has 0 aliphatic carbocycles. The number of pyridine rings is 2. The Morgan fingerprint density at radius 3 is 2.70 bits per heavy atom. The van der Waals surface area contributed by atoms with E-state index >= 15 is 0 Å². The second-order valence-electron chi connectivity index (χ2n) is 7.29. The van der Waals surface area contributed by atoms with Crippen molar-refractivity contribution in [2.75, 3.05) is 6.54 Å². The summed E-state index contributed by atoms with van der Waals surface area (Å²) in [5.74, 6) is -0.745. The molecule has 30 heavy (non-hydrogen) atoms. The number of rotatable bonds is 3. The number of hydrogen-bond acceptors (Lipinski definition) is 5. The van der Waals surface area contributed by atoms with Crippen molar-refractivity contribution in [3.05, 3.63) is 72.1 Å². The van der Waals surface area contributed by atoms with Crippen LogP contribution in [-0.4, -0.2) is 39.0 Å². The zero-order valence-corrected chi connectivity index (χ0v) is 17.0. The molecule has 0 fully saturated rings. The Morgan fingerprint density at radius 2 is 1.93 bits per heavy atom. The first-order valence-corrected chi connectivity index (χ1v) is 10.9. The number of halogens is 1. The molecule has 0 N–H and O–H groups in total. The van der Waals surface area contributed by atoms with Gasteiger partial charge in [0.25, 0.3) is 0 Å². The van der Waals surface area contributed by atoms with Crippen LogP contribution in [-0.2, 0) is 30.0 Å². The topological polar surface area (TPSA) is 81.0 Å². The van der Waals surface area contributed by atoms with E-state index in [9.17, 15) is 12.8 Å². The molecule has 4 heterocycles. The molecular weight excluding hydrogens is 405 g/mol. The Labute approximate surface area is 172 Å². The lowest BCUT2D eigenvalue weighted by atomic mass is 10.0. The van der Waals surface area contributed by atoms with Crippen molar-refractivity contribution in [1.29, 1.82) is 0 Å². The minimum atomic E-state index is -3.93. The van der Waals surface area contributed by atoms with Crippen LogP contribution in [0.15, 0.2) is 59.9 Å². The SMILES string of the molecule is Cn1cc(-c2cnc3nc4c(cc3c2)CN(S(=O)(=O)c2ccccc2F)CC4)cn1. The van der Waals surface area contributed by atoms with Gasteiger partial charge in [0.05, 0.1) is 6.20 Å². The Kier molecular flexibility index (Phi) is 4.37. The van der Waals surface area contributed by atoms with Crippen LogP contribution < -0.4 is 0 Å². The molecule has 0 amide bonds. The number of aryl methyl sites for hydroxylation is 1. The standard InChI is InChI=1S/C21H18FN5O2S/c1-26-12-17(11-24-26)15-8-14-9-16-13-27(7-6-19(16)25-21(14)23-10-15)30(28,29)20-5-3-2-4-18(20)22/h2-5,8-12H,6-7,13H2,1H3. The van der Waals surface area contributed by atoms with Crippen molar-refractivity contribution in [3.63, 3.8) is 0 Å². The van der Waals surface area contributed by atoms with Crippen molar-refractivity contribution < 1.29 is 12.8 Å². The quantitative estimate of drug-likeness (QED) is 0.506. The van der Waals surface area contributed by atoms with Gasteiger partial charge in [0.1, 0.15) is 10.7 Å². The number of fused-ring (bicyclic) bond motifs is 2. The fourth-order valence-electron chi connectivity index (χ4n) is 3.72. The van der Waals surface area contributed by atoms with Gasteiger partial charge < -0.3 is 0 Å². The molecule has 152 valence electrons. The summed E-state index contributed by atoms with van der Waals surface area (Å²) in [7, 11) is -2.09. The number of sulfonamides is 1. The van der Waals surface area contributed by atoms with Crippen LogP contribution in [0.2, 0.25) is 0 Å². The Balaban J connectivity index is 1.52. The molecule has 4 aromatic rings. The van der Waals surface area contributed by atoms with Crippen LogP contribution in [0.1, 0.15) is 11.3 Å². The normalized spacial score (nSPS) is 14.7. The molecule has 0 unspecified atom stereocenters. The van der Waals surface area contributed by atoms with E-state index in [4.69, 9.17) is 0 Å². The molecule has 0 bridgehead atoms. The Bertz CT molecular complexity index is 1380. The maximum atomic E-state index is 14.1. The summed E-state index contributed by atoms with van der Waals surface area (Å²) in [5.41, 5.74) is 4.09. The van der Waals surface area contributed by atoms with E-state index in [1.165, 1.54) is 22.5 Å². The lowest BCUT2D eigenvalue weighted by molar-refractivity contribution is 0.385. The van der Waals surface area contributed by atoms with Gasteiger partial charge in [-0.2, -0.15) is 9.40 Å². The third kappa shape index (κ3) is 3.16. The second kappa shape index (κ2) is 6.96. The molecule has 0 saturated heterocycles. The molecule has 3 aromatic heterocycles. The predicted molar refractivity (Wildman–Crippen MR) is 109 cm³/mol. The molecule has 1 aliphatic rings. The summed E-state index contributed by atoms with van der Waals surface area (Å²) in [4.78, 5) is 8.80. The van der Waals surface area contributed by atoms with Crippen LogP contribution in [0, 0.1) is 5.82 Å². The molecular formula is C21H18FN5O2S. The zero-order valence-electron chi connectivity index (χ0n) is 16.2. The van der Waals surface area contributed by atoms with Gasteiger partial charge in [-0.05, 0) is 29.8 Å². The predicted octanol–water partition coefficient (Wildman–Crippen LogP) is 2.92. The van der Waals surface area contributed by atoms with E-state index in [0.717, 1.165) is 33.8 Å². The molecule has 0 saturated carbocycles. The Hall–Kier alpha value is -3.17. The summed E-state index contributed by atoms with van der Waals surface area (Å²) >= 11 is 0. The van der Waals surface area contributed by atoms with Gasteiger partial charge in [-0.25, -0.2) is 22.8 Å². The third-order valence-electron chi connectivity index (χ3n) is 5.27. The lowest BCUT2D eigenvalue weighted by Crippen LogP contribution is -2.36. The van der Waals surface area contributed by atoms with E-state index < -0.39 is 15.8 Å². The molecule has 0 radical (unpaired) electrons. The van der Waals surface area contributed by atoms with Crippen molar-refractivity contribution in [2.24, 2.45) is 7.05 Å². The molecule has 7 nitrogen and oxygen atoms in total. The minimum Gasteiger partial charge on any atom is -0.275 e. The number of nitrogens with zero attached hydrogens (tertiary/aromatic N) is 5. The van der Waals surface area contributed by atoms with Gasteiger partial charge in [0.2, 0.25) is 10.0 Å². The first-order chi connectivity index (χ1) is 14.4. The van der Waals surface area contributed by atoms with Crippen LogP contribution in [0.25, 0.3) is 22.2 Å². The maximum Gasteiger partial charge on any atom is 0.246 e. The summed E-state index contributed by atoms with van der Waals surface area (Å²) in [6.45, 7) is 0.391. The fourth-order valence-corrected chi connectivity index (χ4v) is 5.21. The van der Waals surface area contributed by atoms with Crippen LogP contribution in [0.5, 0.6) is 0 Å². The van der Waals surface area contributed by atoms with Gasteiger partial charge >= 0.3 is 0 Å². The summed E-state index contributed by atoms with van der Waals surface area (Å²) < 4.78 is 43.1. The molecule has 9 heteroatoms. The highest BCUT2D eigenvalue weighted by Gasteiger charge is 2.31. The van der Waals surface area contributed by atoms with E-state index in [0.29, 0.717) is 12.1 Å². The van der Waals surface area contributed by atoms with Crippen LogP contribution >= 0.6 is 0 Å². The first kappa shape index (κ1) is 18.8. The molecule has 1 aliphatic heterocycles. The highest BCUT2D eigenvalue weighted by atomic mass is 32.2. The molecule has 1 aromatic carbocycles. The summed E-state index contributed by atoms with van der Waals surface area (Å²) in [5, 5.41) is 5.01. The lowest BCUT2D eigenvalue weighted by Gasteiger charge is -2.27. The summed E-state index contributed by atoms with van der Waals surface area (Å²) in [6, 6.07) is 9.34. The third-order valence-corrected chi connectivity index (χ3v) is 7.15. The van der Waals surface area contributed by atoms with Gasteiger partial charge in [0.15, 0.2) is 5.65 Å². The van der Waals surface area contributed by atoms with Crippen molar-refractivity contribution >= 4 is 21.1 Å². The van der Waals surface area contributed by atoms with Gasteiger partial charge in [-0.15, -0.1) is 0 Å². The van der Waals surface area contributed by atoms with E-state index in [-0.39, 0.29) is 18.0 Å². The maximum absolute atomic E-state index is 14.1. The number of benzene rings is 1. The molecule has 5 rings (SSSR count). The largest absolute Gasteiger partial charge is 0.275 e. The minimum absolute atomic E-state index is 0.145. The average Bonchev–Trinajstić information content (AvgIpc) is 3.18. The zero-order chi connectivity index (χ0) is 20.9. The Morgan fingerprint density at radius 1 is 1.10 bits per heavy atom. The van der Waals surface area contributed by atoms with E-state index in [1.807, 2.05) is 25.4 Å². The van der Waals surface area contributed by atoms with Crippen molar-refractivity contribution in [3.8, 4) is 11.1 Å². The van der Waals surface area contributed by atoms with Crippen molar-refractivity contribution in [2.45, 2.75) is 17.9 Å². The van der Waals surface area contributed by atoms with Crippen LogP contribution in [0.3, 0.4) is 0 Å². The smallest absolute Gasteiger partial charge is 0.246 e. The van der Waals surface area contributed by atoms with Gasteiger partial charge in [-0.1, -0.05) is 12.1 Å². The van der Waals surface area contributed by atoms with Crippen LogP contribution in [0.4, 0.5) is 4.39 Å². The fraction of sp³-hybridized carbons (Fsp3) is 0.190. The molecule has 0 atom stereocenters. The number of hydrogen-bond donors (Lipinski definition) is 0. The average molecular weight is 423 g/mol. The molecule has 0 spiro atoms. The first-order valence-electron chi connectivity index (χ1n) is 9.44. The monoisotopic (exact) mass is 423 g/mol. The van der Waals surface area contributed by atoms with Crippen molar-refractivity contribution in [1.82, 2.24) is 24.1 Å². The van der Waals surface area contributed by atoms with E-state index in [2.05, 4.69) is 15.1 Å². The number of aromatic nitrogens is 4. The highest BCUT2D eigenvalue weighted by molar-refractivity contribution is 7.89. The van der Waals surface area contributed by atoms with E-state index in [1.54, 1.807) is 17.1 Å².